The zero-order chi connectivity index (χ0) is 14.4. The van der Waals surface area contributed by atoms with E-state index >= 15 is 0 Å². The molecule has 0 saturated heterocycles. The Hall–Kier alpha value is -0.570. The number of rotatable bonds is 7. The maximum Gasteiger partial charge on any atom is 0.0409 e. The smallest absolute Gasteiger partial charge is 0.0409 e. The zero-order valence-electron chi connectivity index (χ0n) is 12.8. The van der Waals surface area contributed by atoms with Crippen LogP contribution in [0.3, 0.4) is 0 Å². The van der Waals surface area contributed by atoms with E-state index in [1.807, 2.05) is 12.1 Å². The Bertz CT molecular complexity index is 379. The van der Waals surface area contributed by atoms with E-state index in [0.29, 0.717) is 18.1 Å². The first kappa shape index (κ1) is 16.5. The summed E-state index contributed by atoms with van der Waals surface area (Å²) in [6.45, 7) is 9.88. The third-order valence-electron chi connectivity index (χ3n) is 3.75. The third-order valence-corrected chi connectivity index (χ3v) is 3.99. The minimum Gasteiger partial charge on any atom is -0.313 e. The Labute approximate surface area is 123 Å². The molecule has 19 heavy (non-hydrogen) atoms. The van der Waals surface area contributed by atoms with Crippen molar-refractivity contribution < 1.29 is 0 Å². The summed E-state index contributed by atoms with van der Waals surface area (Å²) in [6.07, 6.45) is 1.14. The number of benzene rings is 1. The molecule has 0 saturated carbocycles. The molecule has 0 spiro atoms. The molecule has 2 atom stereocenters. The van der Waals surface area contributed by atoms with Gasteiger partial charge in [0.1, 0.15) is 0 Å². The molecule has 3 heteroatoms. The Morgan fingerprint density at radius 2 is 1.95 bits per heavy atom. The van der Waals surface area contributed by atoms with Gasteiger partial charge in [-0.15, -0.1) is 0 Å². The van der Waals surface area contributed by atoms with Crippen molar-refractivity contribution in [1.29, 1.82) is 0 Å². The highest BCUT2D eigenvalue weighted by molar-refractivity contribution is 6.30. The number of hydrogen-bond donors (Lipinski definition) is 1. The quantitative estimate of drug-likeness (QED) is 0.810. The van der Waals surface area contributed by atoms with Crippen molar-refractivity contribution in [2.45, 2.75) is 52.2 Å². The van der Waals surface area contributed by atoms with Crippen LogP contribution in [0.15, 0.2) is 24.3 Å². The van der Waals surface area contributed by atoms with Gasteiger partial charge in [-0.05, 0) is 38.1 Å². The van der Waals surface area contributed by atoms with Gasteiger partial charge in [-0.2, -0.15) is 0 Å². The van der Waals surface area contributed by atoms with Gasteiger partial charge < -0.3 is 5.32 Å². The van der Waals surface area contributed by atoms with E-state index < -0.39 is 0 Å². The fraction of sp³-hybridized carbons (Fsp3) is 0.625. The van der Waals surface area contributed by atoms with Crippen LogP contribution >= 0.6 is 11.6 Å². The number of nitrogens with one attached hydrogen (secondary N) is 1. The third kappa shape index (κ3) is 5.13. The van der Waals surface area contributed by atoms with Gasteiger partial charge in [0, 0.05) is 29.7 Å². The second kappa shape index (κ2) is 7.88. The Kier molecular flexibility index (Phi) is 6.84. The van der Waals surface area contributed by atoms with Crippen molar-refractivity contribution in [3.63, 3.8) is 0 Å². The Morgan fingerprint density at radius 3 is 2.47 bits per heavy atom. The molecule has 0 aliphatic heterocycles. The molecule has 1 aromatic carbocycles. The van der Waals surface area contributed by atoms with Crippen LogP contribution in [0.25, 0.3) is 0 Å². The van der Waals surface area contributed by atoms with Crippen LogP contribution in [0.1, 0.15) is 45.7 Å². The van der Waals surface area contributed by atoms with Gasteiger partial charge in [0.25, 0.3) is 0 Å². The lowest BCUT2D eigenvalue weighted by Gasteiger charge is -2.33. The molecule has 1 rings (SSSR count). The summed E-state index contributed by atoms with van der Waals surface area (Å²) in [5.74, 6) is 0. The van der Waals surface area contributed by atoms with Crippen LogP contribution in [0, 0.1) is 0 Å². The normalized spacial score (nSPS) is 14.9. The minimum absolute atomic E-state index is 0.373. The van der Waals surface area contributed by atoms with Crippen LogP contribution in [-0.2, 0) is 0 Å². The minimum atomic E-state index is 0.373. The van der Waals surface area contributed by atoms with Gasteiger partial charge in [0.2, 0.25) is 0 Å². The van der Waals surface area contributed by atoms with E-state index in [9.17, 15) is 0 Å². The zero-order valence-corrected chi connectivity index (χ0v) is 13.5. The molecule has 108 valence electrons. The first-order valence-corrected chi connectivity index (χ1v) is 7.54. The standard InChI is InChI=1S/C16H27ClN2/c1-6-16(11-18-12(2)3)19(5)13(4)14-8-7-9-15(17)10-14/h7-10,12-13,16,18H,6,11H2,1-5H3. The maximum atomic E-state index is 6.08. The van der Waals surface area contributed by atoms with Crippen LogP contribution in [0.4, 0.5) is 0 Å². The fourth-order valence-electron chi connectivity index (χ4n) is 2.27. The van der Waals surface area contributed by atoms with Gasteiger partial charge in [0.15, 0.2) is 0 Å². The number of likely N-dealkylation sites (N-methyl/N-ethyl adjacent to an activating group) is 1. The molecule has 1 N–H and O–H groups in total. The number of nitrogens with zero attached hydrogens (tertiary/aromatic N) is 1. The van der Waals surface area contributed by atoms with Gasteiger partial charge >= 0.3 is 0 Å². The van der Waals surface area contributed by atoms with Crippen molar-refractivity contribution >= 4 is 11.6 Å². The summed E-state index contributed by atoms with van der Waals surface area (Å²) in [5.41, 5.74) is 1.28. The van der Waals surface area contributed by atoms with E-state index in [1.165, 1.54) is 5.56 Å². The highest BCUT2D eigenvalue weighted by atomic mass is 35.5. The van der Waals surface area contributed by atoms with Gasteiger partial charge in [-0.1, -0.05) is 44.5 Å². The maximum absolute atomic E-state index is 6.08. The Morgan fingerprint density at radius 1 is 1.26 bits per heavy atom. The topological polar surface area (TPSA) is 15.3 Å². The van der Waals surface area contributed by atoms with E-state index in [4.69, 9.17) is 11.6 Å². The molecule has 0 radical (unpaired) electrons. The lowest BCUT2D eigenvalue weighted by Crippen LogP contribution is -2.42. The van der Waals surface area contributed by atoms with Crippen LogP contribution in [0.2, 0.25) is 5.02 Å². The summed E-state index contributed by atoms with van der Waals surface area (Å²) in [6, 6.07) is 9.60. The van der Waals surface area contributed by atoms with Gasteiger partial charge in [-0.25, -0.2) is 0 Å². The second-order valence-corrected chi connectivity index (χ2v) is 5.96. The molecular formula is C16H27ClN2. The highest BCUT2D eigenvalue weighted by Gasteiger charge is 2.19. The molecule has 2 unspecified atom stereocenters. The largest absolute Gasteiger partial charge is 0.313 e. The molecule has 0 bridgehead atoms. The lowest BCUT2D eigenvalue weighted by atomic mass is 10.0. The predicted octanol–water partition coefficient (Wildman–Crippen LogP) is 4.11. The summed E-state index contributed by atoms with van der Waals surface area (Å²) >= 11 is 6.08. The molecule has 0 aromatic heterocycles. The summed E-state index contributed by atoms with van der Waals surface area (Å²) in [4.78, 5) is 2.43. The molecule has 0 fully saturated rings. The summed E-state index contributed by atoms with van der Waals surface area (Å²) < 4.78 is 0. The van der Waals surface area contributed by atoms with Crippen molar-refractivity contribution in [2.75, 3.05) is 13.6 Å². The first-order valence-electron chi connectivity index (χ1n) is 7.16. The average Bonchev–Trinajstić information content (AvgIpc) is 2.38. The van der Waals surface area contributed by atoms with Gasteiger partial charge in [0.05, 0.1) is 0 Å². The van der Waals surface area contributed by atoms with Crippen LogP contribution < -0.4 is 5.32 Å². The molecule has 2 nitrogen and oxygen atoms in total. The number of halogens is 1. The molecule has 0 aliphatic carbocycles. The summed E-state index contributed by atoms with van der Waals surface area (Å²) in [5, 5.41) is 4.34. The number of hydrogen-bond acceptors (Lipinski definition) is 2. The van der Waals surface area contributed by atoms with E-state index in [2.05, 4.69) is 57.1 Å². The van der Waals surface area contributed by atoms with Crippen molar-refractivity contribution in [3.05, 3.63) is 34.9 Å². The van der Waals surface area contributed by atoms with Crippen molar-refractivity contribution in [3.8, 4) is 0 Å². The Balaban J connectivity index is 2.70. The molecule has 1 aromatic rings. The monoisotopic (exact) mass is 282 g/mol. The highest BCUT2D eigenvalue weighted by Crippen LogP contribution is 2.24. The van der Waals surface area contributed by atoms with E-state index in [0.717, 1.165) is 18.0 Å². The fourth-order valence-corrected chi connectivity index (χ4v) is 2.46. The van der Waals surface area contributed by atoms with E-state index in [1.54, 1.807) is 0 Å². The van der Waals surface area contributed by atoms with Gasteiger partial charge in [-0.3, -0.25) is 4.90 Å². The van der Waals surface area contributed by atoms with Crippen molar-refractivity contribution in [2.24, 2.45) is 0 Å². The lowest BCUT2D eigenvalue weighted by molar-refractivity contribution is 0.173. The second-order valence-electron chi connectivity index (χ2n) is 5.52. The van der Waals surface area contributed by atoms with Crippen molar-refractivity contribution in [1.82, 2.24) is 10.2 Å². The molecule has 0 amide bonds. The molecular weight excluding hydrogens is 256 g/mol. The SMILES string of the molecule is CCC(CNC(C)C)N(C)C(C)c1cccc(Cl)c1. The summed E-state index contributed by atoms with van der Waals surface area (Å²) in [7, 11) is 2.20. The van der Waals surface area contributed by atoms with E-state index in [-0.39, 0.29) is 0 Å². The van der Waals surface area contributed by atoms with Crippen LogP contribution in [0.5, 0.6) is 0 Å². The average molecular weight is 283 g/mol. The first-order chi connectivity index (χ1) is 8.95. The predicted molar refractivity (Wildman–Crippen MR) is 84.8 cm³/mol. The molecule has 0 aliphatic rings. The molecule has 0 heterocycles. The van der Waals surface area contributed by atoms with Crippen LogP contribution in [-0.4, -0.2) is 30.6 Å².